The molecule has 2 rings (SSSR count). The number of carbonyl (C=O) groups is 1. The third-order valence-corrected chi connectivity index (χ3v) is 3.63. The summed E-state index contributed by atoms with van der Waals surface area (Å²) in [7, 11) is 0. The Balaban J connectivity index is 2.30. The number of rotatable bonds is 2. The van der Waals surface area contributed by atoms with Gasteiger partial charge in [-0.25, -0.2) is 0 Å². The molecule has 0 heterocycles. The average Bonchev–Trinajstić information content (AvgIpc) is 2.36. The first-order valence-corrected chi connectivity index (χ1v) is 6.77. The van der Waals surface area contributed by atoms with Crippen molar-refractivity contribution in [1.29, 1.82) is 0 Å². The summed E-state index contributed by atoms with van der Waals surface area (Å²) in [5.74, 6) is -0.288. The van der Waals surface area contributed by atoms with Crippen molar-refractivity contribution < 1.29 is 4.79 Å². The smallest absolute Gasteiger partial charge is 0.257 e. The second-order valence-corrected chi connectivity index (χ2v) is 5.44. The van der Waals surface area contributed by atoms with E-state index in [0.717, 1.165) is 10.0 Å². The molecule has 98 valence electrons. The lowest BCUT2D eigenvalue weighted by atomic mass is 10.1. The fourth-order valence-corrected chi connectivity index (χ4v) is 2.19. The van der Waals surface area contributed by atoms with Gasteiger partial charge >= 0.3 is 0 Å². The van der Waals surface area contributed by atoms with E-state index in [0.29, 0.717) is 22.0 Å². The highest BCUT2D eigenvalue weighted by Gasteiger charge is 2.12. The number of hydrogen-bond acceptors (Lipinski definition) is 2. The first kappa shape index (κ1) is 13.9. The average molecular weight is 340 g/mol. The van der Waals surface area contributed by atoms with Crippen molar-refractivity contribution in [3.63, 3.8) is 0 Å². The molecule has 2 aromatic rings. The van der Waals surface area contributed by atoms with Crippen LogP contribution in [0.5, 0.6) is 0 Å². The van der Waals surface area contributed by atoms with Crippen LogP contribution in [0.15, 0.2) is 40.9 Å². The first-order valence-electron chi connectivity index (χ1n) is 5.60. The van der Waals surface area contributed by atoms with Crippen molar-refractivity contribution in [1.82, 2.24) is 0 Å². The Morgan fingerprint density at radius 3 is 2.74 bits per heavy atom. The standard InChI is InChI=1S/C14H12BrClN2O/c1-8-2-4-11(15)13(6-8)18-14(19)10-7-9(17)3-5-12(10)16/h2-7H,17H2,1H3,(H,18,19). The van der Waals surface area contributed by atoms with Gasteiger partial charge in [0.25, 0.3) is 5.91 Å². The van der Waals surface area contributed by atoms with Gasteiger partial charge in [-0.1, -0.05) is 17.7 Å². The minimum Gasteiger partial charge on any atom is -0.399 e. The molecule has 0 bridgehead atoms. The Morgan fingerprint density at radius 2 is 2.00 bits per heavy atom. The highest BCUT2D eigenvalue weighted by molar-refractivity contribution is 9.10. The summed E-state index contributed by atoms with van der Waals surface area (Å²) in [6.45, 7) is 1.95. The maximum absolute atomic E-state index is 12.2. The molecule has 0 radical (unpaired) electrons. The van der Waals surface area contributed by atoms with Gasteiger partial charge in [0.2, 0.25) is 0 Å². The van der Waals surface area contributed by atoms with Crippen LogP contribution in [0.25, 0.3) is 0 Å². The number of nitrogens with two attached hydrogens (primary N) is 1. The summed E-state index contributed by atoms with van der Waals surface area (Å²) in [4.78, 5) is 12.2. The van der Waals surface area contributed by atoms with E-state index in [1.807, 2.05) is 25.1 Å². The van der Waals surface area contributed by atoms with Gasteiger partial charge in [0.15, 0.2) is 0 Å². The molecule has 0 fully saturated rings. The predicted octanol–water partition coefficient (Wildman–Crippen LogP) is 4.25. The lowest BCUT2D eigenvalue weighted by Gasteiger charge is -2.10. The second-order valence-electron chi connectivity index (χ2n) is 4.18. The molecule has 0 spiro atoms. The number of halogens is 2. The minimum absolute atomic E-state index is 0.288. The molecule has 0 aliphatic rings. The Bertz CT molecular complexity index is 643. The molecule has 3 N–H and O–H groups in total. The zero-order chi connectivity index (χ0) is 14.0. The Morgan fingerprint density at radius 1 is 1.26 bits per heavy atom. The number of benzene rings is 2. The van der Waals surface area contributed by atoms with Gasteiger partial charge in [-0.05, 0) is 58.7 Å². The molecule has 0 atom stereocenters. The van der Waals surface area contributed by atoms with Crippen LogP contribution in [-0.2, 0) is 0 Å². The second kappa shape index (κ2) is 5.63. The molecule has 2 aromatic carbocycles. The zero-order valence-electron chi connectivity index (χ0n) is 10.2. The van der Waals surface area contributed by atoms with Gasteiger partial charge in [-0.3, -0.25) is 4.79 Å². The van der Waals surface area contributed by atoms with Gasteiger partial charge in [-0.2, -0.15) is 0 Å². The number of aryl methyl sites for hydroxylation is 1. The normalized spacial score (nSPS) is 10.3. The van der Waals surface area contributed by atoms with E-state index in [2.05, 4.69) is 21.2 Å². The van der Waals surface area contributed by atoms with Crippen molar-refractivity contribution in [2.45, 2.75) is 6.92 Å². The predicted molar refractivity (Wildman–Crippen MR) is 82.7 cm³/mol. The highest BCUT2D eigenvalue weighted by atomic mass is 79.9. The van der Waals surface area contributed by atoms with Crippen LogP contribution in [0.3, 0.4) is 0 Å². The molecule has 0 aromatic heterocycles. The Kier molecular flexibility index (Phi) is 4.12. The van der Waals surface area contributed by atoms with Crippen LogP contribution in [0.1, 0.15) is 15.9 Å². The molecule has 0 aliphatic heterocycles. The molecule has 3 nitrogen and oxygen atoms in total. The van der Waals surface area contributed by atoms with Crippen molar-refractivity contribution in [2.75, 3.05) is 11.1 Å². The van der Waals surface area contributed by atoms with E-state index >= 15 is 0 Å². The van der Waals surface area contributed by atoms with E-state index in [1.54, 1.807) is 18.2 Å². The first-order chi connectivity index (χ1) is 8.97. The molecule has 19 heavy (non-hydrogen) atoms. The number of nitrogens with one attached hydrogen (secondary N) is 1. The van der Waals surface area contributed by atoms with E-state index < -0.39 is 0 Å². The zero-order valence-corrected chi connectivity index (χ0v) is 12.5. The summed E-state index contributed by atoms with van der Waals surface area (Å²) in [6, 6.07) is 10.5. The van der Waals surface area contributed by atoms with Crippen LogP contribution in [0, 0.1) is 6.92 Å². The van der Waals surface area contributed by atoms with Gasteiger partial charge in [0.05, 0.1) is 16.3 Å². The lowest BCUT2D eigenvalue weighted by Crippen LogP contribution is -2.13. The molecular formula is C14H12BrClN2O. The molecule has 0 saturated heterocycles. The molecule has 0 unspecified atom stereocenters. The quantitative estimate of drug-likeness (QED) is 0.804. The number of nitrogen functional groups attached to an aromatic ring is 1. The van der Waals surface area contributed by atoms with Crippen LogP contribution in [0.2, 0.25) is 5.02 Å². The van der Waals surface area contributed by atoms with Gasteiger partial charge < -0.3 is 11.1 Å². The SMILES string of the molecule is Cc1ccc(Br)c(NC(=O)c2cc(N)ccc2Cl)c1. The van der Waals surface area contributed by atoms with E-state index in [4.69, 9.17) is 17.3 Å². The fourth-order valence-electron chi connectivity index (χ4n) is 1.64. The molecule has 1 amide bonds. The Labute approximate surface area is 124 Å². The molecule has 0 saturated carbocycles. The van der Waals surface area contributed by atoms with Crippen LogP contribution >= 0.6 is 27.5 Å². The van der Waals surface area contributed by atoms with Crippen molar-refractivity contribution >= 4 is 44.8 Å². The van der Waals surface area contributed by atoms with E-state index in [9.17, 15) is 4.79 Å². The third kappa shape index (κ3) is 3.28. The summed E-state index contributed by atoms with van der Waals surface area (Å²) in [5.41, 5.74) is 8.27. The lowest BCUT2D eigenvalue weighted by molar-refractivity contribution is 0.102. The van der Waals surface area contributed by atoms with Gasteiger partial charge in [-0.15, -0.1) is 0 Å². The van der Waals surface area contributed by atoms with E-state index in [1.165, 1.54) is 0 Å². The van der Waals surface area contributed by atoms with Crippen molar-refractivity contribution in [2.24, 2.45) is 0 Å². The largest absolute Gasteiger partial charge is 0.399 e. The molecular weight excluding hydrogens is 328 g/mol. The minimum atomic E-state index is -0.288. The fraction of sp³-hybridized carbons (Fsp3) is 0.0714. The number of amides is 1. The summed E-state index contributed by atoms with van der Waals surface area (Å²) >= 11 is 9.39. The maximum atomic E-state index is 12.2. The van der Waals surface area contributed by atoms with Gasteiger partial charge in [0, 0.05) is 10.2 Å². The van der Waals surface area contributed by atoms with Crippen molar-refractivity contribution in [3.8, 4) is 0 Å². The summed E-state index contributed by atoms with van der Waals surface area (Å²) in [6.07, 6.45) is 0. The highest BCUT2D eigenvalue weighted by Crippen LogP contribution is 2.25. The monoisotopic (exact) mass is 338 g/mol. The van der Waals surface area contributed by atoms with Gasteiger partial charge in [0.1, 0.15) is 0 Å². The molecule has 0 aliphatic carbocycles. The van der Waals surface area contributed by atoms with Crippen LogP contribution in [0.4, 0.5) is 11.4 Å². The Hall–Kier alpha value is -1.52. The summed E-state index contributed by atoms with van der Waals surface area (Å²) < 4.78 is 0.812. The number of carbonyl (C=O) groups excluding carboxylic acids is 1. The van der Waals surface area contributed by atoms with Crippen molar-refractivity contribution in [3.05, 3.63) is 57.0 Å². The summed E-state index contributed by atoms with van der Waals surface area (Å²) in [5, 5.41) is 3.18. The number of hydrogen-bond donors (Lipinski definition) is 2. The van der Waals surface area contributed by atoms with Crippen LogP contribution < -0.4 is 11.1 Å². The number of anilines is 2. The van der Waals surface area contributed by atoms with E-state index in [-0.39, 0.29) is 5.91 Å². The third-order valence-electron chi connectivity index (χ3n) is 2.61. The topological polar surface area (TPSA) is 55.1 Å². The van der Waals surface area contributed by atoms with Crippen LogP contribution in [-0.4, -0.2) is 5.91 Å². The molecule has 5 heteroatoms. The maximum Gasteiger partial charge on any atom is 0.257 e.